The molecule has 0 saturated carbocycles. The predicted molar refractivity (Wildman–Crippen MR) is 78.2 cm³/mol. The number of aromatic nitrogens is 1. The SMILES string of the molecule is CC(=O)Nc1ccc(NCc2ccn(C)c2)cc1C. The first kappa shape index (κ1) is 13.2. The lowest BCUT2D eigenvalue weighted by molar-refractivity contribution is -0.114. The van der Waals surface area contributed by atoms with Crippen LogP contribution in [0.5, 0.6) is 0 Å². The highest BCUT2D eigenvalue weighted by atomic mass is 16.1. The molecule has 0 aliphatic carbocycles. The Morgan fingerprint density at radius 2 is 2.11 bits per heavy atom. The number of aryl methyl sites for hydroxylation is 2. The number of amides is 1. The summed E-state index contributed by atoms with van der Waals surface area (Å²) in [7, 11) is 2.01. The first-order valence-electron chi connectivity index (χ1n) is 6.27. The van der Waals surface area contributed by atoms with E-state index in [0.717, 1.165) is 23.5 Å². The molecule has 0 unspecified atom stereocenters. The third kappa shape index (κ3) is 3.61. The molecule has 2 N–H and O–H groups in total. The van der Waals surface area contributed by atoms with Crippen LogP contribution in [0, 0.1) is 6.92 Å². The molecule has 0 aliphatic heterocycles. The molecule has 0 atom stereocenters. The second-order valence-electron chi connectivity index (χ2n) is 4.75. The van der Waals surface area contributed by atoms with Crippen LogP contribution >= 0.6 is 0 Å². The molecule has 100 valence electrons. The Hall–Kier alpha value is -2.23. The van der Waals surface area contributed by atoms with E-state index < -0.39 is 0 Å². The number of anilines is 2. The highest BCUT2D eigenvalue weighted by Gasteiger charge is 2.02. The molecule has 1 amide bonds. The average Bonchev–Trinajstić information content (AvgIpc) is 2.75. The molecule has 0 bridgehead atoms. The minimum atomic E-state index is -0.0481. The highest BCUT2D eigenvalue weighted by molar-refractivity contribution is 5.89. The molecule has 4 nitrogen and oxygen atoms in total. The van der Waals surface area contributed by atoms with Gasteiger partial charge in [0.25, 0.3) is 0 Å². The van der Waals surface area contributed by atoms with Crippen LogP contribution in [-0.2, 0) is 18.4 Å². The van der Waals surface area contributed by atoms with Crippen molar-refractivity contribution in [1.82, 2.24) is 4.57 Å². The first-order valence-corrected chi connectivity index (χ1v) is 6.27. The maximum Gasteiger partial charge on any atom is 0.221 e. The fourth-order valence-electron chi connectivity index (χ4n) is 1.97. The normalized spacial score (nSPS) is 10.3. The monoisotopic (exact) mass is 257 g/mol. The van der Waals surface area contributed by atoms with Gasteiger partial charge in [-0.25, -0.2) is 0 Å². The zero-order valence-electron chi connectivity index (χ0n) is 11.5. The number of carbonyl (C=O) groups is 1. The molecule has 19 heavy (non-hydrogen) atoms. The molecule has 4 heteroatoms. The summed E-state index contributed by atoms with van der Waals surface area (Å²) in [6.07, 6.45) is 4.12. The summed E-state index contributed by atoms with van der Waals surface area (Å²) in [6, 6.07) is 8.02. The summed E-state index contributed by atoms with van der Waals surface area (Å²) in [6.45, 7) is 4.29. The molecule has 1 heterocycles. The molecule has 0 fully saturated rings. The maximum atomic E-state index is 11.0. The Bertz CT molecular complexity index is 587. The van der Waals surface area contributed by atoms with Crippen LogP contribution in [0.4, 0.5) is 11.4 Å². The van der Waals surface area contributed by atoms with Crippen LogP contribution in [0.2, 0.25) is 0 Å². The number of carbonyl (C=O) groups excluding carboxylic acids is 1. The van der Waals surface area contributed by atoms with E-state index in [2.05, 4.69) is 22.9 Å². The van der Waals surface area contributed by atoms with Crippen LogP contribution < -0.4 is 10.6 Å². The van der Waals surface area contributed by atoms with Crippen molar-refractivity contribution in [2.45, 2.75) is 20.4 Å². The van der Waals surface area contributed by atoms with E-state index >= 15 is 0 Å². The van der Waals surface area contributed by atoms with Crippen molar-refractivity contribution in [2.75, 3.05) is 10.6 Å². The lowest BCUT2D eigenvalue weighted by atomic mass is 10.1. The first-order chi connectivity index (χ1) is 9.04. The van der Waals surface area contributed by atoms with Crippen molar-refractivity contribution in [3.05, 3.63) is 47.8 Å². The van der Waals surface area contributed by atoms with Gasteiger partial charge in [0.2, 0.25) is 5.91 Å². The predicted octanol–water partition coefficient (Wildman–Crippen LogP) is 2.90. The highest BCUT2D eigenvalue weighted by Crippen LogP contribution is 2.20. The summed E-state index contributed by atoms with van der Waals surface area (Å²) in [5.74, 6) is -0.0481. The van der Waals surface area contributed by atoms with Crippen LogP contribution in [0.15, 0.2) is 36.7 Å². The van der Waals surface area contributed by atoms with Crippen LogP contribution in [0.3, 0.4) is 0 Å². The van der Waals surface area contributed by atoms with Gasteiger partial charge in [0.1, 0.15) is 0 Å². The van der Waals surface area contributed by atoms with E-state index in [4.69, 9.17) is 0 Å². The minimum absolute atomic E-state index is 0.0481. The van der Waals surface area contributed by atoms with Gasteiger partial charge in [-0.15, -0.1) is 0 Å². The summed E-state index contributed by atoms with van der Waals surface area (Å²) < 4.78 is 2.03. The lowest BCUT2D eigenvalue weighted by Crippen LogP contribution is -2.07. The van der Waals surface area contributed by atoms with Gasteiger partial charge in [0, 0.05) is 44.3 Å². The zero-order valence-corrected chi connectivity index (χ0v) is 11.5. The molecule has 0 radical (unpaired) electrons. The molecular formula is C15H19N3O. The average molecular weight is 257 g/mol. The van der Waals surface area contributed by atoms with E-state index in [1.807, 2.05) is 42.9 Å². The third-order valence-electron chi connectivity index (χ3n) is 2.93. The Morgan fingerprint density at radius 3 is 2.68 bits per heavy atom. The fraction of sp³-hybridized carbons (Fsp3) is 0.267. The lowest BCUT2D eigenvalue weighted by Gasteiger charge is -2.10. The molecule has 0 saturated heterocycles. The topological polar surface area (TPSA) is 46.1 Å². The number of hydrogen-bond donors (Lipinski definition) is 2. The quantitative estimate of drug-likeness (QED) is 0.884. The Balaban J connectivity index is 2.01. The molecule has 0 spiro atoms. The van der Waals surface area contributed by atoms with Crippen LogP contribution in [0.25, 0.3) is 0 Å². The van der Waals surface area contributed by atoms with Gasteiger partial charge in [0.15, 0.2) is 0 Å². The third-order valence-corrected chi connectivity index (χ3v) is 2.93. The molecule has 2 aromatic rings. The smallest absolute Gasteiger partial charge is 0.221 e. The van der Waals surface area contributed by atoms with Crippen molar-refractivity contribution >= 4 is 17.3 Å². The molecule has 1 aromatic heterocycles. The summed E-state index contributed by atoms with van der Waals surface area (Å²) in [4.78, 5) is 11.0. The van der Waals surface area contributed by atoms with Crippen molar-refractivity contribution in [3.8, 4) is 0 Å². The molecule has 1 aromatic carbocycles. The Morgan fingerprint density at radius 1 is 1.32 bits per heavy atom. The van der Waals surface area contributed by atoms with Gasteiger partial charge in [0.05, 0.1) is 0 Å². The Kier molecular flexibility index (Phi) is 3.90. The van der Waals surface area contributed by atoms with Crippen molar-refractivity contribution < 1.29 is 4.79 Å². The summed E-state index contributed by atoms with van der Waals surface area (Å²) >= 11 is 0. The van der Waals surface area contributed by atoms with Crippen LogP contribution in [-0.4, -0.2) is 10.5 Å². The Labute approximate surface area is 113 Å². The van der Waals surface area contributed by atoms with E-state index in [9.17, 15) is 4.79 Å². The van der Waals surface area contributed by atoms with Gasteiger partial charge in [-0.1, -0.05) is 0 Å². The number of nitrogens with one attached hydrogen (secondary N) is 2. The van der Waals surface area contributed by atoms with Crippen LogP contribution in [0.1, 0.15) is 18.1 Å². The van der Waals surface area contributed by atoms with E-state index in [1.165, 1.54) is 12.5 Å². The van der Waals surface area contributed by atoms with E-state index in [1.54, 1.807) is 0 Å². The second-order valence-corrected chi connectivity index (χ2v) is 4.75. The van der Waals surface area contributed by atoms with Gasteiger partial charge in [-0.3, -0.25) is 4.79 Å². The van der Waals surface area contributed by atoms with E-state index in [-0.39, 0.29) is 5.91 Å². The van der Waals surface area contributed by atoms with Gasteiger partial charge in [-0.2, -0.15) is 0 Å². The number of benzene rings is 1. The van der Waals surface area contributed by atoms with E-state index in [0.29, 0.717) is 0 Å². The number of rotatable bonds is 4. The zero-order chi connectivity index (χ0) is 13.8. The van der Waals surface area contributed by atoms with Crippen molar-refractivity contribution in [1.29, 1.82) is 0 Å². The minimum Gasteiger partial charge on any atom is -0.381 e. The second kappa shape index (κ2) is 5.61. The summed E-state index contributed by atoms with van der Waals surface area (Å²) in [5, 5.41) is 6.18. The standard InChI is InChI=1S/C15H19N3O/c1-11-8-14(4-5-15(11)17-12(2)19)16-9-13-6-7-18(3)10-13/h4-8,10,16H,9H2,1-3H3,(H,17,19). The largest absolute Gasteiger partial charge is 0.381 e. The maximum absolute atomic E-state index is 11.0. The van der Waals surface area contributed by atoms with Crippen molar-refractivity contribution in [2.24, 2.45) is 7.05 Å². The summed E-state index contributed by atoms with van der Waals surface area (Å²) in [5.41, 5.74) is 4.20. The van der Waals surface area contributed by atoms with Gasteiger partial charge >= 0.3 is 0 Å². The molecule has 2 rings (SSSR count). The number of nitrogens with zero attached hydrogens (tertiary/aromatic N) is 1. The molecular weight excluding hydrogens is 238 g/mol. The van der Waals surface area contributed by atoms with Gasteiger partial charge in [-0.05, 0) is 42.3 Å². The van der Waals surface area contributed by atoms with Gasteiger partial charge < -0.3 is 15.2 Å². The van der Waals surface area contributed by atoms with Crippen molar-refractivity contribution in [3.63, 3.8) is 0 Å². The number of hydrogen-bond acceptors (Lipinski definition) is 2. The molecule has 0 aliphatic rings. The fourth-order valence-corrected chi connectivity index (χ4v) is 1.97.